The van der Waals surface area contributed by atoms with Crippen LogP contribution in [-0.2, 0) is 0 Å². The lowest BCUT2D eigenvalue weighted by atomic mass is 10.1. The molecule has 56 valence electrons. The summed E-state index contributed by atoms with van der Waals surface area (Å²) in [5.41, 5.74) is 8.01. The third-order valence-electron chi connectivity index (χ3n) is 1.82. The standard InChI is InChI=1S/C7H18N2/c1-3-6(8)5-7(9)4-2/h6-7H,3-5,8-9H2,1-2H3/p+2. The molecule has 0 fully saturated rings. The van der Waals surface area contributed by atoms with Crippen LogP contribution in [0.2, 0.25) is 0 Å². The predicted octanol–water partition coefficient (Wildman–Crippen LogP) is -0.582. The Hall–Kier alpha value is -0.0800. The van der Waals surface area contributed by atoms with Crippen molar-refractivity contribution in [1.82, 2.24) is 0 Å². The third kappa shape index (κ3) is 4.43. The Morgan fingerprint density at radius 2 is 1.33 bits per heavy atom. The molecular weight excluding hydrogens is 112 g/mol. The second kappa shape index (κ2) is 4.77. The molecule has 0 aromatic heterocycles. The van der Waals surface area contributed by atoms with Crippen molar-refractivity contribution >= 4 is 0 Å². The zero-order valence-corrected chi connectivity index (χ0v) is 6.69. The Kier molecular flexibility index (Phi) is 4.72. The van der Waals surface area contributed by atoms with E-state index in [1.807, 2.05) is 0 Å². The molecule has 2 unspecified atom stereocenters. The van der Waals surface area contributed by atoms with Crippen LogP contribution in [0.3, 0.4) is 0 Å². The Morgan fingerprint density at radius 3 is 1.56 bits per heavy atom. The van der Waals surface area contributed by atoms with E-state index in [1.54, 1.807) is 0 Å². The molecular formula is C7H20N2+2. The fourth-order valence-electron chi connectivity index (χ4n) is 0.805. The molecule has 0 aromatic rings. The van der Waals surface area contributed by atoms with E-state index in [-0.39, 0.29) is 0 Å². The van der Waals surface area contributed by atoms with Gasteiger partial charge in [0.1, 0.15) is 0 Å². The van der Waals surface area contributed by atoms with Gasteiger partial charge in [-0.15, -0.1) is 0 Å². The zero-order valence-electron chi connectivity index (χ0n) is 6.69. The van der Waals surface area contributed by atoms with Gasteiger partial charge in [-0.05, 0) is 12.8 Å². The van der Waals surface area contributed by atoms with Crippen molar-refractivity contribution < 1.29 is 11.5 Å². The van der Waals surface area contributed by atoms with Crippen molar-refractivity contribution in [2.75, 3.05) is 0 Å². The second-order valence-electron chi connectivity index (χ2n) is 2.78. The Labute approximate surface area is 57.6 Å². The molecule has 2 atom stereocenters. The lowest BCUT2D eigenvalue weighted by Crippen LogP contribution is -2.68. The molecule has 2 nitrogen and oxygen atoms in total. The van der Waals surface area contributed by atoms with Gasteiger partial charge in [-0.2, -0.15) is 0 Å². The van der Waals surface area contributed by atoms with Crippen LogP contribution < -0.4 is 11.5 Å². The van der Waals surface area contributed by atoms with E-state index in [4.69, 9.17) is 0 Å². The van der Waals surface area contributed by atoms with Crippen molar-refractivity contribution in [2.45, 2.75) is 45.2 Å². The second-order valence-corrected chi connectivity index (χ2v) is 2.78. The number of hydrogen-bond donors (Lipinski definition) is 2. The molecule has 2 heteroatoms. The maximum Gasteiger partial charge on any atom is 0.0898 e. The molecule has 0 rings (SSSR count). The maximum atomic E-state index is 4.00. The smallest absolute Gasteiger partial charge is 0.0898 e. The predicted molar refractivity (Wildman–Crippen MR) is 38.6 cm³/mol. The molecule has 0 spiro atoms. The minimum absolute atomic E-state index is 0.618. The Balaban J connectivity index is 3.22. The van der Waals surface area contributed by atoms with Gasteiger partial charge in [-0.25, -0.2) is 0 Å². The summed E-state index contributed by atoms with van der Waals surface area (Å²) < 4.78 is 0. The van der Waals surface area contributed by atoms with E-state index < -0.39 is 0 Å². The highest BCUT2D eigenvalue weighted by Crippen LogP contribution is 1.96. The monoisotopic (exact) mass is 132 g/mol. The summed E-state index contributed by atoms with van der Waals surface area (Å²) in [4.78, 5) is 0. The summed E-state index contributed by atoms with van der Waals surface area (Å²) in [5.74, 6) is 0. The normalized spacial score (nSPS) is 17.3. The van der Waals surface area contributed by atoms with Gasteiger partial charge in [-0.1, -0.05) is 13.8 Å². The first-order valence-electron chi connectivity index (χ1n) is 3.86. The molecule has 0 aliphatic carbocycles. The molecule has 0 amide bonds. The fourth-order valence-corrected chi connectivity index (χ4v) is 0.805. The van der Waals surface area contributed by atoms with Gasteiger partial charge < -0.3 is 11.5 Å². The highest BCUT2D eigenvalue weighted by molar-refractivity contribution is 4.56. The van der Waals surface area contributed by atoms with E-state index >= 15 is 0 Å². The van der Waals surface area contributed by atoms with E-state index in [9.17, 15) is 0 Å². The summed E-state index contributed by atoms with van der Waals surface area (Å²) >= 11 is 0. The number of hydrogen-bond acceptors (Lipinski definition) is 0. The topological polar surface area (TPSA) is 55.3 Å². The van der Waals surface area contributed by atoms with Gasteiger partial charge in [0.2, 0.25) is 0 Å². The van der Waals surface area contributed by atoms with Gasteiger partial charge in [0, 0.05) is 0 Å². The molecule has 0 saturated heterocycles. The van der Waals surface area contributed by atoms with Crippen LogP contribution >= 0.6 is 0 Å². The van der Waals surface area contributed by atoms with Crippen LogP contribution in [0.25, 0.3) is 0 Å². The quantitative estimate of drug-likeness (QED) is 0.514. The number of quaternary nitrogens is 2. The average molecular weight is 132 g/mol. The molecule has 0 aliphatic heterocycles. The van der Waals surface area contributed by atoms with Crippen molar-refractivity contribution in [1.29, 1.82) is 0 Å². The van der Waals surface area contributed by atoms with Crippen LogP contribution in [-0.4, -0.2) is 12.1 Å². The minimum atomic E-state index is 0.618. The van der Waals surface area contributed by atoms with Crippen LogP contribution in [0.15, 0.2) is 0 Å². The molecule has 0 radical (unpaired) electrons. The highest BCUT2D eigenvalue weighted by atomic mass is 14.7. The van der Waals surface area contributed by atoms with Crippen molar-refractivity contribution in [2.24, 2.45) is 0 Å². The van der Waals surface area contributed by atoms with Gasteiger partial charge in [0.05, 0.1) is 18.5 Å². The van der Waals surface area contributed by atoms with Crippen LogP contribution in [0, 0.1) is 0 Å². The Bertz CT molecular complexity index is 55.9. The third-order valence-corrected chi connectivity index (χ3v) is 1.82. The van der Waals surface area contributed by atoms with E-state index in [0.717, 1.165) is 0 Å². The van der Waals surface area contributed by atoms with Crippen molar-refractivity contribution in [3.05, 3.63) is 0 Å². The van der Waals surface area contributed by atoms with E-state index in [0.29, 0.717) is 12.1 Å². The van der Waals surface area contributed by atoms with Crippen LogP contribution in [0.4, 0.5) is 0 Å². The summed E-state index contributed by atoms with van der Waals surface area (Å²) in [6, 6.07) is 1.24. The first-order chi connectivity index (χ1) is 4.20. The number of rotatable bonds is 4. The van der Waals surface area contributed by atoms with E-state index in [1.165, 1.54) is 19.3 Å². The first kappa shape index (κ1) is 8.92. The summed E-state index contributed by atoms with van der Waals surface area (Å²) in [6.07, 6.45) is 3.56. The van der Waals surface area contributed by atoms with Gasteiger partial charge >= 0.3 is 0 Å². The SMILES string of the molecule is CCC([NH3+])CC([NH3+])CC. The van der Waals surface area contributed by atoms with Gasteiger partial charge in [0.25, 0.3) is 0 Å². The fraction of sp³-hybridized carbons (Fsp3) is 1.00. The molecule has 0 saturated carbocycles. The molecule has 0 aliphatic rings. The molecule has 0 heterocycles. The lowest BCUT2D eigenvalue weighted by Gasteiger charge is -2.07. The summed E-state index contributed by atoms with van der Waals surface area (Å²) in [6.45, 7) is 4.36. The van der Waals surface area contributed by atoms with Crippen LogP contribution in [0.1, 0.15) is 33.1 Å². The summed E-state index contributed by atoms with van der Waals surface area (Å²) in [5, 5.41) is 0. The average Bonchev–Trinajstić information content (AvgIpc) is 1.87. The largest absolute Gasteiger partial charge is 0.355 e. The molecule has 9 heavy (non-hydrogen) atoms. The summed E-state index contributed by atoms with van der Waals surface area (Å²) in [7, 11) is 0. The van der Waals surface area contributed by atoms with Crippen LogP contribution in [0.5, 0.6) is 0 Å². The molecule has 0 aromatic carbocycles. The Morgan fingerprint density at radius 1 is 1.00 bits per heavy atom. The minimum Gasteiger partial charge on any atom is -0.355 e. The van der Waals surface area contributed by atoms with Gasteiger partial charge in [0.15, 0.2) is 0 Å². The first-order valence-corrected chi connectivity index (χ1v) is 3.86. The lowest BCUT2D eigenvalue weighted by molar-refractivity contribution is -0.465. The zero-order chi connectivity index (χ0) is 7.28. The van der Waals surface area contributed by atoms with Crippen molar-refractivity contribution in [3.8, 4) is 0 Å². The highest BCUT2D eigenvalue weighted by Gasteiger charge is 2.10. The van der Waals surface area contributed by atoms with Gasteiger partial charge in [-0.3, -0.25) is 0 Å². The van der Waals surface area contributed by atoms with Crippen molar-refractivity contribution in [3.63, 3.8) is 0 Å². The molecule has 6 N–H and O–H groups in total. The maximum absolute atomic E-state index is 4.00. The van der Waals surface area contributed by atoms with E-state index in [2.05, 4.69) is 25.3 Å². The molecule has 0 bridgehead atoms.